The number of nitrogens with one attached hydrogen (secondary N) is 1. The number of carbonyl (C=O) groups is 2. The molecule has 9 heteroatoms. The number of amides is 2. The second kappa shape index (κ2) is 8.20. The molecular formula is C18H21N3O4S2. The van der Waals surface area contributed by atoms with E-state index in [0.717, 1.165) is 16.9 Å². The molecule has 1 saturated heterocycles. The van der Waals surface area contributed by atoms with Crippen molar-refractivity contribution in [1.82, 2.24) is 10.2 Å². The maximum Gasteiger partial charge on any atom is 0.265 e. The van der Waals surface area contributed by atoms with Gasteiger partial charge in [-0.25, -0.2) is 13.6 Å². The van der Waals surface area contributed by atoms with E-state index in [1.54, 1.807) is 4.90 Å². The van der Waals surface area contributed by atoms with Crippen molar-refractivity contribution >= 4 is 33.2 Å². The van der Waals surface area contributed by atoms with Gasteiger partial charge in [0.15, 0.2) is 0 Å². The Bertz CT molecular complexity index is 917. The first-order valence-electron chi connectivity index (χ1n) is 8.57. The predicted molar refractivity (Wildman–Crippen MR) is 103 cm³/mol. The molecule has 0 aliphatic carbocycles. The maximum atomic E-state index is 12.6. The lowest BCUT2D eigenvalue weighted by Gasteiger charge is -2.31. The van der Waals surface area contributed by atoms with Gasteiger partial charge in [0, 0.05) is 25.6 Å². The van der Waals surface area contributed by atoms with Crippen molar-refractivity contribution in [1.29, 1.82) is 0 Å². The average molecular weight is 408 g/mol. The number of carbonyl (C=O) groups excluding carboxylic acids is 2. The number of primary sulfonamides is 1. The largest absolute Gasteiger partial charge is 0.352 e. The van der Waals surface area contributed by atoms with E-state index in [-0.39, 0.29) is 27.5 Å². The van der Waals surface area contributed by atoms with Gasteiger partial charge in [0.2, 0.25) is 15.9 Å². The molecule has 1 fully saturated rings. The van der Waals surface area contributed by atoms with Crippen LogP contribution in [0.3, 0.4) is 0 Å². The molecule has 0 radical (unpaired) electrons. The molecule has 1 aromatic heterocycles. The SMILES string of the molecule is NS(=O)(=O)c1ccsc1C(=O)N1CCC(C(=O)NCc2ccccc2)CC1. The molecule has 1 aliphatic heterocycles. The van der Waals surface area contributed by atoms with Gasteiger partial charge < -0.3 is 10.2 Å². The van der Waals surface area contributed by atoms with Gasteiger partial charge in [-0.15, -0.1) is 11.3 Å². The molecule has 1 aromatic carbocycles. The minimum absolute atomic E-state index is 0.0210. The molecule has 0 bridgehead atoms. The van der Waals surface area contributed by atoms with Crippen LogP contribution in [0.25, 0.3) is 0 Å². The average Bonchev–Trinajstić information content (AvgIpc) is 3.17. The third-order valence-corrected chi connectivity index (χ3v) is 6.58. The Labute approximate surface area is 162 Å². The summed E-state index contributed by atoms with van der Waals surface area (Å²) >= 11 is 1.06. The van der Waals surface area contributed by atoms with Crippen LogP contribution in [0.2, 0.25) is 0 Å². The van der Waals surface area contributed by atoms with Crippen LogP contribution in [0.15, 0.2) is 46.7 Å². The summed E-state index contributed by atoms with van der Waals surface area (Å²) in [7, 11) is -3.93. The summed E-state index contributed by atoms with van der Waals surface area (Å²) < 4.78 is 23.2. The maximum absolute atomic E-state index is 12.6. The molecule has 2 heterocycles. The third-order valence-electron chi connectivity index (χ3n) is 4.59. The van der Waals surface area contributed by atoms with Crippen molar-refractivity contribution in [2.75, 3.05) is 13.1 Å². The van der Waals surface area contributed by atoms with Crippen LogP contribution < -0.4 is 10.5 Å². The van der Waals surface area contributed by atoms with Crippen LogP contribution in [0.4, 0.5) is 0 Å². The summed E-state index contributed by atoms with van der Waals surface area (Å²) in [6, 6.07) is 11.0. The predicted octanol–water partition coefficient (Wildman–Crippen LogP) is 1.56. The first-order valence-corrected chi connectivity index (χ1v) is 11.0. The Balaban J connectivity index is 1.55. The number of hydrogen-bond donors (Lipinski definition) is 2. The van der Waals surface area contributed by atoms with Gasteiger partial charge in [-0.2, -0.15) is 0 Å². The zero-order chi connectivity index (χ0) is 19.4. The van der Waals surface area contributed by atoms with Crippen LogP contribution in [0.5, 0.6) is 0 Å². The highest BCUT2D eigenvalue weighted by Crippen LogP contribution is 2.25. The summed E-state index contributed by atoms with van der Waals surface area (Å²) in [6.45, 7) is 1.29. The lowest BCUT2D eigenvalue weighted by Crippen LogP contribution is -2.43. The fourth-order valence-corrected chi connectivity index (χ4v) is 5.03. The summed E-state index contributed by atoms with van der Waals surface area (Å²) in [6.07, 6.45) is 1.09. The minimum Gasteiger partial charge on any atom is -0.352 e. The summed E-state index contributed by atoms with van der Waals surface area (Å²) in [5.74, 6) is -0.525. The Hall–Kier alpha value is -2.23. The second-order valence-electron chi connectivity index (χ2n) is 6.43. The lowest BCUT2D eigenvalue weighted by molar-refractivity contribution is -0.126. The molecule has 7 nitrogen and oxygen atoms in total. The minimum atomic E-state index is -3.93. The fourth-order valence-electron chi connectivity index (χ4n) is 3.10. The first-order chi connectivity index (χ1) is 12.9. The molecule has 1 aliphatic rings. The van der Waals surface area contributed by atoms with Crippen molar-refractivity contribution in [3.63, 3.8) is 0 Å². The molecule has 2 amide bonds. The van der Waals surface area contributed by atoms with Gasteiger partial charge in [-0.3, -0.25) is 9.59 Å². The van der Waals surface area contributed by atoms with E-state index in [1.165, 1.54) is 11.4 Å². The molecular weight excluding hydrogens is 386 g/mol. The Morgan fingerprint density at radius 3 is 2.44 bits per heavy atom. The van der Waals surface area contributed by atoms with Crippen LogP contribution in [-0.4, -0.2) is 38.2 Å². The number of nitrogens with zero attached hydrogens (tertiary/aromatic N) is 1. The highest BCUT2D eigenvalue weighted by molar-refractivity contribution is 7.89. The molecule has 0 unspecified atom stereocenters. The van der Waals surface area contributed by atoms with Crippen LogP contribution >= 0.6 is 11.3 Å². The molecule has 3 rings (SSSR count). The molecule has 3 N–H and O–H groups in total. The van der Waals surface area contributed by atoms with E-state index >= 15 is 0 Å². The molecule has 0 spiro atoms. The zero-order valence-electron chi connectivity index (χ0n) is 14.6. The van der Waals surface area contributed by atoms with Crippen LogP contribution in [-0.2, 0) is 21.4 Å². The zero-order valence-corrected chi connectivity index (χ0v) is 16.3. The molecule has 27 heavy (non-hydrogen) atoms. The Morgan fingerprint density at radius 1 is 1.15 bits per heavy atom. The number of nitrogens with two attached hydrogens (primary N) is 1. The van der Waals surface area contributed by atoms with E-state index in [9.17, 15) is 18.0 Å². The highest BCUT2D eigenvalue weighted by Gasteiger charge is 2.30. The quantitative estimate of drug-likeness (QED) is 0.784. The number of thiophene rings is 1. The van der Waals surface area contributed by atoms with E-state index in [0.29, 0.717) is 32.5 Å². The standard InChI is InChI=1S/C18H21N3O4S2/c19-27(24,25)15-8-11-26-16(15)18(23)21-9-6-14(7-10-21)17(22)20-12-13-4-2-1-3-5-13/h1-5,8,11,14H,6-7,9-10,12H2,(H,20,22)(H2,19,24,25). The number of benzene rings is 1. The van der Waals surface area contributed by atoms with Gasteiger partial charge in [-0.05, 0) is 29.9 Å². The number of piperidine rings is 1. The van der Waals surface area contributed by atoms with Crippen LogP contribution in [0, 0.1) is 5.92 Å². The number of sulfonamides is 1. The van der Waals surface area contributed by atoms with E-state index in [2.05, 4.69) is 5.32 Å². The summed E-state index contributed by atoms with van der Waals surface area (Å²) in [4.78, 5) is 26.6. The molecule has 2 aromatic rings. The van der Waals surface area contributed by atoms with Gasteiger partial charge in [0.05, 0.1) is 0 Å². The van der Waals surface area contributed by atoms with Gasteiger partial charge >= 0.3 is 0 Å². The second-order valence-corrected chi connectivity index (χ2v) is 8.87. The van der Waals surface area contributed by atoms with Crippen molar-refractivity contribution in [3.8, 4) is 0 Å². The normalized spacial score (nSPS) is 15.5. The smallest absolute Gasteiger partial charge is 0.265 e. The van der Waals surface area contributed by atoms with Gasteiger partial charge in [-0.1, -0.05) is 30.3 Å². The highest BCUT2D eigenvalue weighted by atomic mass is 32.2. The van der Waals surface area contributed by atoms with Gasteiger partial charge in [0.25, 0.3) is 5.91 Å². The molecule has 0 saturated carbocycles. The van der Waals surface area contributed by atoms with E-state index < -0.39 is 10.0 Å². The summed E-state index contributed by atoms with van der Waals surface area (Å²) in [5, 5.41) is 9.64. The van der Waals surface area contributed by atoms with Gasteiger partial charge in [0.1, 0.15) is 9.77 Å². The van der Waals surface area contributed by atoms with Crippen LogP contribution in [0.1, 0.15) is 28.1 Å². The number of likely N-dealkylation sites (tertiary alicyclic amines) is 1. The summed E-state index contributed by atoms with van der Waals surface area (Å²) in [5.41, 5.74) is 1.03. The first kappa shape index (κ1) is 19.5. The third kappa shape index (κ3) is 4.74. The van der Waals surface area contributed by atoms with E-state index in [1.807, 2.05) is 30.3 Å². The molecule has 144 valence electrons. The Morgan fingerprint density at radius 2 is 1.81 bits per heavy atom. The van der Waals surface area contributed by atoms with Crippen molar-refractivity contribution in [3.05, 3.63) is 52.2 Å². The fraction of sp³-hybridized carbons (Fsp3) is 0.333. The molecule has 0 atom stereocenters. The lowest BCUT2D eigenvalue weighted by atomic mass is 9.95. The van der Waals surface area contributed by atoms with E-state index in [4.69, 9.17) is 5.14 Å². The van der Waals surface area contributed by atoms with Crippen molar-refractivity contribution < 1.29 is 18.0 Å². The number of hydrogen-bond acceptors (Lipinski definition) is 5. The van der Waals surface area contributed by atoms with Crippen molar-refractivity contribution in [2.45, 2.75) is 24.3 Å². The van der Waals surface area contributed by atoms with Crippen molar-refractivity contribution in [2.24, 2.45) is 11.1 Å². The number of rotatable bonds is 5. The Kier molecular flexibility index (Phi) is 5.93. The topological polar surface area (TPSA) is 110 Å². The monoisotopic (exact) mass is 407 g/mol.